The van der Waals surface area contributed by atoms with E-state index in [1.54, 1.807) is 0 Å². The lowest BCUT2D eigenvalue weighted by Crippen LogP contribution is -2.38. The molecule has 2 rings (SSSR count). The molecular formula is C16H22BrNO2. The lowest BCUT2D eigenvalue weighted by atomic mass is 10.0. The number of hydrogen-bond donors (Lipinski definition) is 0. The minimum absolute atomic E-state index is 0.0973. The number of hydrogen-bond acceptors (Lipinski definition) is 2. The van der Waals surface area contributed by atoms with Crippen LogP contribution in [0.3, 0.4) is 0 Å². The molecule has 1 aromatic carbocycles. The van der Waals surface area contributed by atoms with Crippen LogP contribution < -0.4 is 4.74 Å². The van der Waals surface area contributed by atoms with Crippen LogP contribution in [0.2, 0.25) is 0 Å². The van der Waals surface area contributed by atoms with Crippen LogP contribution in [-0.4, -0.2) is 30.0 Å². The second-order valence-electron chi connectivity index (χ2n) is 5.63. The molecule has 1 aliphatic rings. The predicted molar refractivity (Wildman–Crippen MR) is 84.1 cm³/mol. The van der Waals surface area contributed by atoms with E-state index in [0.717, 1.165) is 41.7 Å². The summed E-state index contributed by atoms with van der Waals surface area (Å²) in [5.41, 5.74) is 1.13. The minimum atomic E-state index is -0.424. The fourth-order valence-electron chi connectivity index (χ4n) is 2.51. The Morgan fingerprint density at radius 3 is 2.50 bits per heavy atom. The highest BCUT2D eigenvalue weighted by Crippen LogP contribution is 2.30. The SMILES string of the molecule is CC(Oc1ccc(Br)cc1C(C)C)C(=O)N1CCCC1. The molecule has 0 spiro atoms. The van der Waals surface area contributed by atoms with Crippen LogP contribution in [0.4, 0.5) is 0 Å². The van der Waals surface area contributed by atoms with Crippen molar-refractivity contribution in [3.05, 3.63) is 28.2 Å². The molecule has 0 radical (unpaired) electrons. The molecule has 1 saturated heterocycles. The van der Waals surface area contributed by atoms with E-state index in [4.69, 9.17) is 4.74 Å². The summed E-state index contributed by atoms with van der Waals surface area (Å²) in [5, 5.41) is 0. The maximum absolute atomic E-state index is 12.3. The van der Waals surface area contributed by atoms with Gasteiger partial charge in [0, 0.05) is 17.6 Å². The first kappa shape index (κ1) is 15.4. The Balaban J connectivity index is 2.10. The number of likely N-dealkylation sites (tertiary alicyclic amines) is 1. The zero-order valence-corrected chi connectivity index (χ0v) is 13.9. The number of amides is 1. The molecule has 0 bridgehead atoms. The van der Waals surface area contributed by atoms with Crippen molar-refractivity contribution in [1.29, 1.82) is 0 Å². The first-order chi connectivity index (χ1) is 9.49. The van der Waals surface area contributed by atoms with Gasteiger partial charge in [-0.1, -0.05) is 29.8 Å². The van der Waals surface area contributed by atoms with E-state index in [2.05, 4.69) is 35.8 Å². The van der Waals surface area contributed by atoms with Crippen LogP contribution in [0.1, 0.15) is 45.1 Å². The van der Waals surface area contributed by atoms with E-state index >= 15 is 0 Å². The van der Waals surface area contributed by atoms with Crippen LogP contribution in [0, 0.1) is 0 Å². The van der Waals surface area contributed by atoms with E-state index in [-0.39, 0.29) is 5.91 Å². The topological polar surface area (TPSA) is 29.5 Å². The summed E-state index contributed by atoms with van der Waals surface area (Å²) in [7, 11) is 0. The molecule has 1 atom stereocenters. The number of rotatable bonds is 4. The van der Waals surface area contributed by atoms with Crippen molar-refractivity contribution in [2.24, 2.45) is 0 Å². The monoisotopic (exact) mass is 339 g/mol. The van der Waals surface area contributed by atoms with Gasteiger partial charge >= 0.3 is 0 Å². The molecule has 0 N–H and O–H groups in total. The first-order valence-electron chi connectivity index (χ1n) is 7.24. The van der Waals surface area contributed by atoms with Gasteiger partial charge in [0.2, 0.25) is 0 Å². The molecule has 20 heavy (non-hydrogen) atoms. The number of carbonyl (C=O) groups excluding carboxylic acids is 1. The second-order valence-corrected chi connectivity index (χ2v) is 6.54. The summed E-state index contributed by atoms with van der Waals surface area (Å²) in [5.74, 6) is 1.26. The van der Waals surface area contributed by atoms with Gasteiger partial charge in [-0.2, -0.15) is 0 Å². The Labute approximate surface area is 129 Å². The number of benzene rings is 1. The molecule has 3 nitrogen and oxygen atoms in total. The average Bonchev–Trinajstić information content (AvgIpc) is 2.93. The van der Waals surface area contributed by atoms with E-state index in [1.165, 1.54) is 0 Å². The van der Waals surface area contributed by atoms with Crippen molar-refractivity contribution in [1.82, 2.24) is 4.90 Å². The molecule has 0 saturated carbocycles. The summed E-state index contributed by atoms with van der Waals surface area (Å²) in [6.07, 6.45) is 1.79. The molecule has 0 aromatic heterocycles. The van der Waals surface area contributed by atoms with Crippen molar-refractivity contribution in [3.63, 3.8) is 0 Å². The van der Waals surface area contributed by atoms with E-state index in [0.29, 0.717) is 5.92 Å². The van der Waals surface area contributed by atoms with Gasteiger partial charge in [-0.15, -0.1) is 0 Å². The lowest BCUT2D eigenvalue weighted by molar-refractivity contribution is -0.136. The highest BCUT2D eigenvalue weighted by molar-refractivity contribution is 9.10. The zero-order valence-electron chi connectivity index (χ0n) is 12.4. The summed E-state index contributed by atoms with van der Waals surface area (Å²) < 4.78 is 6.96. The smallest absolute Gasteiger partial charge is 0.263 e. The molecule has 4 heteroatoms. The number of halogens is 1. The molecule has 1 aromatic rings. The van der Waals surface area contributed by atoms with E-state index in [9.17, 15) is 4.79 Å². The number of ether oxygens (including phenoxy) is 1. The Bertz CT molecular complexity index is 481. The zero-order chi connectivity index (χ0) is 14.7. The van der Waals surface area contributed by atoms with Crippen LogP contribution in [0.15, 0.2) is 22.7 Å². The van der Waals surface area contributed by atoms with Crippen LogP contribution >= 0.6 is 15.9 Å². The van der Waals surface area contributed by atoms with Gasteiger partial charge in [-0.25, -0.2) is 0 Å². The molecular weight excluding hydrogens is 318 g/mol. The van der Waals surface area contributed by atoms with Crippen molar-refractivity contribution >= 4 is 21.8 Å². The predicted octanol–water partition coefficient (Wildman–Crippen LogP) is 3.96. The number of carbonyl (C=O) groups is 1. The van der Waals surface area contributed by atoms with Crippen molar-refractivity contribution in [2.75, 3.05) is 13.1 Å². The fraction of sp³-hybridized carbons (Fsp3) is 0.562. The molecule has 1 unspecified atom stereocenters. The van der Waals surface area contributed by atoms with Crippen molar-refractivity contribution in [3.8, 4) is 5.75 Å². The second kappa shape index (κ2) is 6.61. The minimum Gasteiger partial charge on any atom is -0.481 e. The molecule has 1 amide bonds. The molecule has 0 aliphatic carbocycles. The Morgan fingerprint density at radius 2 is 1.90 bits per heavy atom. The molecule has 110 valence electrons. The fourth-order valence-corrected chi connectivity index (χ4v) is 2.89. The summed E-state index contributed by atoms with van der Waals surface area (Å²) >= 11 is 3.48. The Kier molecular flexibility index (Phi) is 5.08. The third-order valence-electron chi connectivity index (χ3n) is 3.66. The van der Waals surface area contributed by atoms with Crippen LogP contribution in [-0.2, 0) is 4.79 Å². The summed E-state index contributed by atoms with van der Waals surface area (Å²) in [6.45, 7) is 7.82. The largest absolute Gasteiger partial charge is 0.481 e. The summed E-state index contributed by atoms with van der Waals surface area (Å²) in [6, 6.07) is 5.95. The van der Waals surface area contributed by atoms with Gasteiger partial charge in [-0.3, -0.25) is 4.79 Å². The van der Waals surface area contributed by atoms with Gasteiger partial charge < -0.3 is 9.64 Å². The maximum Gasteiger partial charge on any atom is 0.263 e. The highest BCUT2D eigenvalue weighted by atomic mass is 79.9. The Morgan fingerprint density at radius 1 is 1.25 bits per heavy atom. The first-order valence-corrected chi connectivity index (χ1v) is 8.03. The number of nitrogens with zero attached hydrogens (tertiary/aromatic N) is 1. The average molecular weight is 340 g/mol. The van der Waals surface area contributed by atoms with Crippen molar-refractivity contribution < 1.29 is 9.53 Å². The third-order valence-corrected chi connectivity index (χ3v) is 4.16. The quantitative estimate of drug-likeness (QED) is 0.830. The van der Waals surface area contributed by atoms with E-state index in [1.807, 2.05) is 24.0 Å². The standard InChI is InChI=1S/C16H22BrNO2/c1-11(2)14-10-13(17)6-7-15(14)20-12(3)16(19)18-8-4-5-9-18/h6-7,10-12H,4-5,8-9H2,1-3H3. The maximum atomic E-state index is 12.3. The van der Waals surface area contributed by atoms with Crippen LogP contribution in [0.25, 0.3) is 0 Å². The third kappa shape index (κ3) is 3.54. The lowest BCUT2D eigenvalue weighted by Gasteiger charge is -2.23. The van der Waals surface area contributed by atoms with Gasteiger partial charge in [0.25, 0.3) is 5.91 Å². The van der Waals surface area contributed by atoms with Gasteiger partial charge in [0.05, 0.1) is 0 Å². The van der Waals surface area contributed by atoms with Gasteiger partial charge in [0.15, 0.2) is 6.10 Å². The van der Waals surface area contributed by atoms with Gasteiger partial charge in [-0.05, 0) is 49.4 Å². The van der Waals surface area contributed by atoms with Gasteiger partial charge in [0.1, 0.15) is 5.75 Å². The summed E-state index contributed by atoms with van der Waals surface area (Å²) in [4.78, 5) is 14.2. The molecule has 1 aliphatic heterocycles. The van der Waals surface area contributed by atoms with Crippen molar-refractivity contribution in [2.45, 2.75) is 45.6 Å². The Hall–Kier alpha value is -1.03. The van der Waals surface area contributed by atoms with Crippen LogP contribution in [0.5, 0.6) is 5.75 Å². The molecule has 1 heterocycles. The highest BCUT2D eigenvalue weighted by Gasteiger charge is 2.25. The normalized spacial score (nSPS) is 16.6. The molecule has 1 fully saturated rings. The van der Waals surface area contributed by atoms with E-state index < -0.39 is 6.10 Å².